The van der Waals surface area contributed by atoms with Crippen LogP contribution in [0.5, 0.6) is 0 Å². The molecule has 0 fully saturated rings. The van der Waals surface area contributed by atoms with Crippen LogP contribution < -0.4 is 5.32 Å². The van der Waals surface area contributed by atoms with Crippen LogP contribution in [0.1, 0.15) is 15.9 Å². The molecule has 112 valence electrons. The third-order valence-electron chi connectivity index (χ3n) is 3.58. The molecule has 0 aliphatic carbocycles. The quantitative estimate of drug-likeness (QED) is 0.755. The molecular weight excluding hydrogens is 282 g/mol. The van der Waals surface area contributed by atoms with Crippen molar-refractivity contribution in [1.29, 1.82) is 0 Å². The van der Waals surface area contributed by atoms with Crippen molar-refractivity contribution < 1.29 is 18.7 Å². The fraction of sp³-hybridized carbons (Fsp3) is 0.176. The monoisotopic (exact) mass is 297 g/mol. The average Bonchev–Trinajstić information content (AvgIpc) is 2.91. The predicted octanol–water partition coefficient (Wildman–Crippen LogP) is 2.80. The lowest BCUT2D eigenvalue weighted by Crippen LogP contribution is -2.30. The molecule has 0 saturated carbocycles. The standard InChI is InChI=1S/C17H15NO4/c1-10-4-3-5-12-13-8-11(6-7-14(13)22-16(10)12)17(20)18-9-15(19)21-2/h3-8H,9H2,1-2H3,(H,18,20). The molecule has 0 aliphatic rings. The number of methoxy groups -OCH3 is 1. The number of nitrogens with one attached hydrogen (secondary N) is 1. The Kier molecular flexibility index (Phi) is 3.55. The topological polar surface area (TPSA) is 68.5 Å². The van der Waals surface area contributed by atoms with E-state index in [1.165, 1.54) is 7.11 Å². The molecule has 5 nitrogen and oxygen atoms in total. The van der Waals surface area contributed by atoms with Crippen molar-refractivity contribution in [3.63, 3.8) is 0 Å². The van der Waals surface area contributed by atoms with E-state index in [2.05, 4.69) is 10.1 Å². The zero-order valence-corrected chi connectivity index (χ0v) is 12.3. The van der Waals surface area contributed by atoms with Crippen LogP contribution >= 0.6 is 0 Å². The van der Waals surface area contributed by atoms with Crippen molar-refractivity contribution in [1.82, 2.24) is 5.32 Å². The Labute approximate surface area is 126 Å². The minimum absolute atomic E-state index is 0.154. The summed E-state index contributed by atoms with van der Waals surface area (Å²) in [6.45, 7) is 1.83. The van der Waals surface area contributed by atoms with E-state index < -0.39 is 5.97 Å². The molecule has 5 heteroatoms. The third kappa shape index (κ3) is 2.41. The van der Waals surface area contributed by atoms with Gasteiger partial charge in [0, 0.05) is 16.3 Å². The molecule has 0 saturated heterocycles. The minimum atomic E-state index is -0.487. The number of carbonyl (C=O) groups excluding carboxylic acids is 2. The Morgan fingerprint density at radius 2 is 2.00 bits per heavy atom. The third-order valence-corrected chi connectivity index (χ3v) is 3.58. The molecule has 3 aromatic rings. The van der Waals surface area contributed by atoms with Gasteiger partial charge in [0.25, 0.3) is 5.91 Å². The van der Waals surface area contributed by atoms with Crippen LogP contribution in [0.2, 0.25) is 0 Å². The van der Waals surface area contributed by atoms with Crippen molar-refractivity contribution in [2.75, 3.05) is 13.7 Å². The number of furan rings is 1. The zero-order valence-electron chi connectivity index (χ0n) is 12.3. The van der Waals surface area contributed by atoms with Gasteiger partial charge in [-0.1, -0.05) is 18.2 Å². The molecule has 0 atom stereocenters. The molecular formula is C17H15NO4. The Hall–Kier alpha value is -2.82. The summed E-state index contributed by atoms with van der Waals surface area (Å²) in [6, 6.07) is 11.1. The van der Waals surface area contributed by atoms with Gasteiger partial charge < -0.3 is 14.5 Å². The minimum Gasteiger partial charge on any atom is -0.468 e. The van der Waals surface area contributed by atoms with Crippen LogP contribution in [0.15, 0.2) is 40.8 Å². The maximum Gasteiger partial charge on any atom is 0.325 e. The number of carbonyl (C=O) groups is 2. The SMILES string of the molecule is COC(=O)CNC(=O)c1ccc2oc3c(C)cccc3c2c1. The number of hydrogen-bond donors (Lipinski definition) is 1. The Morgan fingerprint density at radius 3 is 2.77 bits per heavy atom. The van der Waals surface area contributed by atoms with Crippen molar-refractivity contribution in [3.8, 4) is 0 Å². The largest absolute Gasteiger partial charge is 0.468 e. The van der Waals surface area contributed by atoms with E-state index in [1.54, 1.807) is 18.2 Å². The number of ether oxygens (including phenoxy) is 1. The van der Waals surface area contributed by atoms with E-state index >= 15 is 0 Å². The summed E-state index contributed by atoms with van der Waals surface area (Å²) in [7, 11) is 1.28. The lowest BCUT2D eigenvalue weighted by molar-refractivity contribution is -0.139. The fourth-order valence-corrected chi connectivity index (χ4v) is 2.41. The van der Waals surface area contributed by atoms with Crippen molar-refractivity contribution in [2.24, 2.45) is 0 Å². The molecule has 2 aromatic carbocycles. The van der Waals surface area contributed by atoms with Gasteiger partial charge in [0.1, 0.15) is 17.7 Å². The van der Waals surface area contributed by atoms with Crippen molar-refractivity contribution in [2.45, 2.75) is 6.92 Å². The fourth-order valence-electron chi connectivity index (χ4n) is 2.41. The van der Waals surface area contributed by atoms with Gasteiger partial charge in [-0.25, -0.2) is 0 Å². The molecule has 0 aliphatic heterocycles. The lowest BCUT2D eigenvalue weighted by atomic mass is 10.1. The first-order valence-electron chi connectivity index (χ1n) is 6.87. The van der Waals surface area contributed by atoms with Gasteiger partial charge in [0.2, 0.25) is 0 Å². The van der Waals surface area contributed by atoms with Crippen LogP contribution in [0.4, 0.5) is 0 Å². The molecule has 0 unspecified atom stereocenters. The Balaban J connectivity index is 1.98. The summed E-state index contributed by atoms with van der Waals surface area (Å²) < 4.78 is 10.3. The van der Waals surface area contributed by atoms with Gasteiger partial charge in [-0.3, -0.25) is 9.59 Å². The molecule has 22 heavy (non-hydrogen) atoms. The first-order chi connectivity index (χ1) is 10.6. The highest BCUT2D eigenvalue weighted by Crippen LogP contribution is 2.31. The summed E-state index contributed by atoms with van der Waals surface area (Å²) >= 11 is 0. The molecule has 1 aromatic heterocycles. The van der Waals surface area contributed by atoms with E-state index in [4.69, 9.17) is 4.42 Å². The molecule has 1 N–H and O–H groups in total. The number of aryl methyl sites for hydroxylation is 1. The average molecular weight is 297 g/mol. The van der Waals surface area contributed by atoms with Crippen LogP contribution in [0.3, 0.4) is 0 Å². The van der Waals surface area contributed by atoms with Gasteiger partial charge in [-0.05, 0) is 30.7 Å². The molecule has 3 rings (SSSR count). The first kappa shape index (κ1) is 14.1. The highest BCUT2D eigenvalue weighted by molar-refractivity contribution is 6.09. The van der Waals surface area contributed by atoms with Crippen LogP contribution in [-0.4, -0.2) is 25.5 Å². The number of para-hydroxylation sites is 1. The van der Waals surface area contributed by atoms with Crippen molar-refractivity contribution >= 4 is 33.8 Å². The summed E-state index contributed by atoms with van der Waals surface area (Å²) in [6.07, 6.45) is 0. The van der Waals surface area contributed by atoms with Crippen LogP contribution in [-0.2, 0) is 9.53 Å². The van der Waals surface area contributed by atoms with Crippen LogP contribution in [0.25, 0.3) is 21.9 Å². The van der Waals surface area contributed by atoms with Crippen molar-refractivity contribution in [3.05, 3.63) is 47.5 Å². The number of benzene rings is 2. The molecule has 0 spiro atoms. The normalized spacial score (nSPS) is 10.8. The number of hydrogen-bond acceptors (Lipinski definition) is 4. The zero-order chi connectivity index (χ0) is 15.7. The van der Waals surface area contributed by atoms with E-state index in [9.17, 15) is 9.59 Å². The van der Waals surface area contributed by atoms with E-state index in [1.807, 2.05) is 25.1 Å². The summed E-state index contributed by atoms with van der Waals surface area (Å²) in [5.41, 5.74) is 3.07. The highest BCUT2D eigenvalue weighted by Gasteiger charge is 2.13. The Bertz CT molecular complexity index is 879. The van der Waals surface area contributed by atoms with Crippen LogP contribution in [0, 0.1) is 6.92 Å². The summed E-state index contributed by atoms with van der Waals surface area (Å²) in [4.78, 5) is 23.2. The maximum atomic E-state index is 12.1. The van der Waals surface area contributed by atoms with Gasteiger partial charge in [-0.2, -0.15) is 0 Å². The van der Waals surface area contributed by atoms with E-state index in [-0.39, 0.29) is 12.5 Å². The van der Waals surface area contributed by atoms with Gasteiger partial charge in [0.05, 0.1) is 7.11 Å². The molecule has 0 bridgehead atoms. The number of fused-ring (bicyclic) bond motifs is 3. The smallest absolute Gasteiger partial charge is 0.325 e. The van der Waals surface area contributed by atoms with E-state index in [0.717, 1.165) is 27.5 Å². The van der Waals surface area contributed by atoms with Gasteiger partial charge in [0.15, 0.2) is 0 Å². The Morgan fingerprint density at radius 1 is 1.18 bits per heavy atom. The second-order valence-corrected chi connectivity index (χ2v) is 5.02. The number of esters is 1. The summed E-state index contributed by atoms with van der Waals surface area (Å²) in [5, 5.41) is 4.37. The predicted molar refractivity (Wildman–Crippen MR) is 82.8 cm³/mol. The maximum absolute atomic E-state index is 12.1. The highest BCUT2D eigenvalue weighted by atomic mass is 16.5. The summed E-state index contributed by atoms with van der Waals surface area (Å²) in [5.74, 6) is -0.812. The molecule has 0 radical (unpaired) electrons. The lowest BCUT2D eigenvalue weighted by Gasteiger charge is -2.03. The van der Waals surface area contributed by atoms with E-state index in [0.29, 0.717) is 5.56 Å². The molecule has 1 heterocycles. The first-order valence-corrected chi connectivity index (χ1v) is 6.87. The second kappa shape index (κ2) is 5.52. The number of amides is 1. The van der Waals surface area contributed by atoms with Gasteiger partial charge >= 0.3 is 5.97 Å². The van der Waals surface area contributed by atoms with Gasteiger partial charge in [-0.15, -0.1) is 0 Å². The molecule has 1 amide bonds. The number of rotatable bonds is 3. The second-order valence-electron chi connectivity index (χ2n) is 5.02.